The first-order valence-electron chi connectivity index (χ1n) is 9.46. The second kappa shape index (κ2) is 9.72. The van der Waals surface area contributed by atoms with E-state index in [1.165, 1.54) is 5.69 Å². The lowest BCUT2D eigenvalue weighted by Gasteiger charge is -2.29. The number of hydrogen-bond acceptors (Lipinski definition) is 5. The molecule has 0 aliphatic carbocycles. The maximum atomic E-state index is 6.39. The minimum absolute atomic E-state index is 0.548. The number of nitrogens with one attached hydrogen (secondary N) is 1. The first kappa shape index (κ1) is 19.6. The lowest BCUT2D eigenvalue weighted by molar-refractivity contribution is 0.122. The van der Waals surface area contributed by atoms with Crippen LogP contribution < -0.4 is 19.7 Å². The third-order valence-electron chi connectivity index (χ3n) is 4.40. The molecule has 2 aromatic carbocycles. The Hall–Kier alpha value is -2.11. The zero-order valence-electron chi connectivity index (χ0n) is 16.0. The first-order chi connectivity index (χ1) is 13.2. The summed E-state index contributed by atoms with van der Waals surface area (Å²) >= 11 is 6.39. The molecule has 1 N–H and O–H groups in total. The predicted octanol–water partition coefficient (Wildman–Crippen LogP) is 4.59. The highest BCUT2D eigenvalue weighted by atomic mass is 35.5. The summed E-state index contributed by atoms with van der Waals surface area (Å²) < 4.78 is 16.7. The van der Waals surface area contributed by atoms with Gasteiger partial charge in [-0.3, -0.25) is 0 Å². The van der Waals surface area contributed by atoms with Crippen LogP contribution in [-0.2, 0) is 11.3 Å². The summed E-state index contributed by atoms with van der Waals surface area (Å²) in [6, 6.07) is 12.4. The van der Waals surface area contributed by atoms with Crippen LogP contribution in [0.25, 0.3) is 0 Å². The minimum Gasteiger partial charge on any atom is -0.490 e. The van der Waals surface area contributed by atoms with Gasteiger partial charge in [0.15, 0.2) is 11.5 Å². The van der Waals surface area contributed by atoms with Crippen molar-refractivity contribution in [3.05, 3.63) is 47.0 Å². The summed E-state index contributed by atoms with van der Waals surface area (Å²) in [7, 11) is 0. The Morgan fingerprint density at radius 1 is 1.04 bits per heavy atom. The highest BCUT2D eigenvalue weighted by Gasteiger charge is 2.13. The Morgan fingerprint density at radius 2 is 1.74 bits per heavy atom. The molecule has 27 heavy (non-hydrogen) atoms. The zero-order valence-corrected chi connectivity index (χ0v) is 16.7. The number of morpholine rings is 1. The van der Waals surface area contributed by atoms with Gasteiger partial charge >= 0.3 is 0 Å². The molecule has 0 radical (unpaired) electrons. The molecule has 0 unspecified atom stereocenters. The Morgan fingerprint density at radius 3 is 2.41 bits per heavy atom. The quantitative estimate of drug-likeness (QED) is 0.714. The van der Waals surface area contributed by atoms with E-state index in [0.717, 1.165) is 37.6 Å². The summed E-state index contributed by atoms with van der Waals surface area (Å²) in [6.07, 6.45) is 0. The van der Waals surface area contributed by atoms with E-state index in [9.17, 15) is 0 Å². The lowest BCUT2D eigenvalue weighted by atomic mass is 10.2. The van der Waals surface area contributed by atoms with E-state index in [2.05, 4.69) is 34.5 Å². The van der Waals surface area contributed by atoms with Crippen molar-refractivity contribution in [2.75, 3.05) is 49.7 Å². The van der Waals surface area contributed by atoms with Crippen LogP contribution in [0.2, 0.25) is 5.02 Å². The van der Waals surface area contributed by atoms with Gasteiger partial charge in [-0.15, -0.1) is 0 Å². The number of hydrogen-bond donors (Lipinski definition) is 1. The average molecular weight is 391 g/mol. The minimum atomic E-state index is 0.548. The van der Waals surface area contributed by atoms with E-state index in [0.29, 0.717) is 36.3 Å². The van der Waals surface area contributed by atoms with Crippen molar-refractivity contribution in [1.82, 2.24) is 0 Å². The fraction of sp³-hybridized carbons (Fsp3) is 0.429. The molecular formula is C21H27ClN2O3. The number of benzene rings is 2. The number of anilines is 2. The molecule has 1 fully saturated rings. The van der Waals surface area contributed by atoms with Gasteiger partial charge in [0.05, 0.1) is 31.5 Å². The van der Waals surface area contributed by atoms with Crippen LogP contribution in [0.15, 0.2) is 36.4 Å². The van der Waals surface area contributed by atoms with Crippen LogP contribution in [0.1, 0.15) is 19.4 Å². The summed E-state index contributed by atoms with van der Waals surface area (Å²) in [4.78, 5) is 2.34. The van der Waals surface area contributed by atoms with E-state index in [-0.39, 0.29) is 0 Å². The third kappa shape index (κ3) is 5.21. The predicted molar refractivity (Wildman–Crippen MR) is 111 cm³/mol. The molecule has 0 saturated carbocycles. The van der Waals surface area contributed by atoms with E-state index < -0.39 is 0 Å². The molecule has 5 nitrogen and oxygen atoms in total. The third-order valence-corrected chi connectivity index (χ3v) is 4.68. The van der Waals surface area contributed by atoms with Crippen molar-refractivity contribution in [2.24, 2.45) is 0 Å². The molecule has 1 heterocycles. The molecular weight excluding hydrogens is 364 g/mol. The van der Waals surface area contributed by atoms with Crippen LogP contribution in [0, 0.1) is 0 Å². The molecule has 0 amide bonds. The van der Waals surface area contributed by atoms with Gasteiger partial charge in [-0.05, 0) is 55.8 Å². The lowest BCUT2D eigenvalue weighted by Crippen LogP contribution is -2.36. The number of rotatable bonds is 8. The van der Waals surface area contributed by atoms with Crippen molar-refractivity contribution < 1.29 is 14.2 Å². The molecule has 2 aromatic rings. The first-order valence-corrected chi connectivity index (χ1v) is 9.83. The number of halogens is 1. The summed E-state index contributed by atoms with van der Waals surface area (Å²) in [5, 5.41) is 4.01. The fourth-order valence-corrected chi connectivity index (χ4v) is 3.37. The normalized spacial score (nSPS) is 14.1. The Balaban J connectivity index is 1.65. The highest BCUT2D eigenvalue weighted by molar-refractivity contribution is 6.32. The molecule has 3 rings (SSSR count). The molecule has 0 bridgehead atoms. The molecule has 0 spiro atoms. The number of ether oxygens (including phenoxy) is 3. The molecule has 146 valence electrons. The maximum Gasteiger partial charge on any atom is 0.179 e. The van der Waals surface area contributed by atoms with Crippen LogP contribution >= 0.6 is 11.6 Å². The zero-order chi connectivity index (χ0) is 19.1. The molecule has 1 aliphatic rings. The van der Waals surface area contributed by atoms with Crippen LogP contribution in [0.3, 0.4) is 0 Å². The van der Waals surface area contributed by atoms with Crippen LogP contribution in [-0.4, -0.2) is 39.5 Å². The summed E-state index contributed by atoms with van der Waals surface area (Å²) in [5.74, 6) is 1.30. The second-order valence-electron chi connectivity index (χ2n) is 6.27. The topological polar surface area (TPSA) is 43.0 Å². The van der Waals surface area contributed by atoms with Gasteiger partial charge in [0.1, 0.15) is 0 Å². The van der Waals surface area contributed by atoms with Gasteiger partial charge in [-0.2, -0.15) is 0 Å². The van der Waals surface area contributed by atoms with Crippen molar-refractivity contribution >= 4 is 23.0 Å². The van der Waals surface area contributed by atoms with Gasteiger partial charge in [0.2, 0.25) is 0 Å². The molecule has 1 saturated heterocycles. The van der Waals surface area contributed by atoms with Crippen LogP contribution in [0.4, 0.5) is 11.4 Å². The van der Waals surface area contributed by atoms with E-state index in [4.69, 9.17) is 25.8 Å². The molecule has 6 heteroatoms. The molecule has 1 aliphatic heterocycles. The number of nitrogens with zero attached hydrogens (tertiary/aromatic N) is 1. The van der Waals surface area contributed by atoms with Gasteiger partial charge in [0.25, 0.3) is 0 Å². The Bertz CT molecular complexity index is 731. The average Bonchev–Trinajstić information content (AvgIpc) is 2.70. The highest BCUT2D eigenvalue weighted by Crippen LogP contribution is 2.37. The standard InChI is InChI=1S/C21H27ClN2O3/c1-3-26-20-14-16(13-19(22)21(20)27-4-2)15-23-17-5-7-18(8-6-17)24-9-11-25-12-10-24/h5-8,13-14,23H,3-4,9-12,15H2,1-2H3. The Kier molecular flexibility index (Phi) is 7.07. The van der Waals surface area contributed by atoms with Crippen molar-refractivity contribution in [3.63, 3.8) is 0 Å². The van der Waals surface area contributed by atoms with Gasteiger partial charge < -0.3 is 24.4 Å². The van der Waals surface area contributed by atoms with Crippen molar-refractivity contribution in [2.45, 2.75) is 20.4 Å². The second-order valence-corrected chi connectivity index (χ2v) is 6.68. The largest absolute Gasteiger partial charge is 0.490 e. The van der Waals surface area contributed by atoms with E-state index in [1.807, 2.05) is 26.0 Å². The molecule has 0 aromatic heterocycles. The fourth-order valence-electron chi connectivity index (χ4n) is 3.09. The summed E-state index contributed by atoms with van der Waals surface area (Å²) in [5.41, 5.74) is 3.34. The van der Waals surface area contributed by atoms with Gasteiger partial charge in [-0.1, -0.05) is 11.6 Å². The Labute approximate surface area is 166 Å². The van der Waals surface area contributed by atoms with E-state index in [1.54, 1.807) is 0 Å². The maximum absolute atomic E-state index is 6.39. The smallest absolute Gasteiger partial charge is 0.179 e. The van der Waals surface area contributed by atoms with Crippen molar-refractivity contribution in [1.29, 1.82) is 0 Å². The van der Waals surface area contributed by atoms with E-state index >= 15 is 0 Å². The SMILES string of the molecule is CCOc1cc(CNc2ccc(N3CCOCC3)cc2)cc(Cl)c1OCC. The van der Waals surface area contributed by atoms with Gasteiger partial charge in [0, 0.05) is 31.0 Å². The van der Waals surface area contributed by atoms with Crippen molar-refractivity contribution in [3.8, 4) is 11.5 Å². The van der Waals surface area contributed by atoms with Gasteiger partial charge in [-0.25, -0.2) is 0 Å². The summed E-state index contributed by atoms with van der Waals surface area (Å²) in [6.45, 7) is 9.12. The monoisotopic (exact) mass is 390 g/mol. The van der Waals surface area contributed by atoms with Crippen LogP contribution in [0.5, 0.6) is 11.5 Å². The molecule has 0 atom stereocenters.